The normalized spacial score (nSPS) is 17.7. The summed E-state index contributed by atoms with van der Waals surface area (Å²) in [6.45, 7) is 8.09. The van der Waals surface area contributed by atoms with Crippen molar-refractivity contribution in [2.24, 2.45) is 0 Å². The van der Waals surface area contributed by atoms with Crippen molar-refractivity contribution < 1.29 is 9.26 Å². The summed E-state index contributed by atoms with van der Waals surface area (Å²) < 4.78 is 10.8. The molecule has 1 fully saturated rings. The molecule has 7 heteroatoms. The molecule has 2 heterocycles. The van der Waals surface area contributed by atoms with E-state index in [1.165, 1.54) is 5.69 Å². The molecule has 136 valence electrons. The minimum absolute atomic E-state index is 0.00668. The maximum atomic E-state index is 5.38. The van der Waals surface area contributed by atoms with Crippen molar-refractivity contribution in [1.82, 2.24) is 15.0 Å². The molecule has 0 atom stereocenters. The molecule has 0 radical (unpaired) electrons. The Morgan fingerprint density at radius 1 is 1.32 bits per heavy atom. The van der Waals surface area contributed by atoms with Gasteiger partial charge in [-0.25, -0.2) is 0 Å². The van der Waals surface area contributed by atoms with Gasteiger partial charge in [0.05, 0.1) is 19.4 Å². The average molecular weight is 362 g/mol. The first-order valence-corrected chi connectivity index (χ1v) is 9.85. The molecule has 0 saturated carbocycles. The van der Waals surface area contributed by atoms with Crippen LogP contribution in [0, 0.1) is 0 Å². The van der Waals surface area contributed by atoms with Gasteiger partial charge in [0.15, 0.2) is 5.82 Å². The third kappa shape index (κ3) is 4.27. The number of benzene rings is 1. The third-order valence-corrected chi connectivity index (χ3v) is 5.04. The molecule has 1 aromatic heterocycles. The van der Waals surface area contributed by atoms with Crippen molar-refractivity contribution in [1.29, 1.82) is 0 Å². The molecule has 1 saturated heterocycles. The fourth-order valence-corrected chi connectivity index (χ4v) is 3.76. The summed E-state index contributed by atoms with van der Waals surface area (Å²) in [6.07, 6.45) is 2.04. The van der Waals surface area contributed by atoms with Crippen LogP contribution in [-0.2, 0) is 12.3 Å². The topological polar surface area (TPSA) is 54.6 Å². The summed E-state index contributed by atoms with van der Waals surface area (Å²) in [6, 6.07) is 8.27. The quantitative estimate of drug-likeness (QED) is 0.783. The lowest BCUT2D eigenvalue weighted by Crippen LogP contribution is -2.59. The molecule has 1 aromatic carbocycles. The molecule has 6 nitrogen and oxygen atoms in total. The van der Waals surface area contributed by atoms with E-state index in [1.54, 1.807) is 18.9 Å². The van der Waals surface area contributed by atoms with Crippen molar-refractivity contribution >= 4 is 17.4 Å². The molecule has 0 bridgehead atoms. The third-order valence-electron chi connectivity index (χ3n) is 4.49. The molecular weight excluding hydrogens is 336 g/mol. The first kappa shape index (κ1) is 18.1. The number of piperazine rings is 1. The number of ether oxygens (including phenoxy) is 1. The highest BCUT2D eigenvalue weighted by atomic mass is 32.2. The molecule has 0 spiro atoms. The summed E-state index contributed by atoms with van der Waals surface area (Å²) in [7, 11) is 1.71. The average Bonchev–Trinajstić information content (AvgIpc) is 3.01. The van der Waals surface area contributed by atoms with Crippen LogP contribution in [0.4, 0.5) is 5.69 Å². The Hall–Kier alpha value is -1.73. The standard InChI is InChI=1S/C18H26N4O2S/c1-18(2)13-21(11-17-19-16(12-25-4)20-24-17)8-9-22(18)14-6-5-7-15(10-14)23-3/h5-7,10H,8-9,11-13H2,1-4H3. The summed E-state index contributed by atoms with van der Waals surface area (Å²) in [4.78, 5) is 9.30. The molecule has 0 amide bonds. The Morgan fingerprint density at radius 3 is 2.88 bits per heavy atom. The van der Waals surface area contributed by atoms with Gasteiger partial charge in [-0.3, -0.25) is 4.90 Å². The van der Waals surface area contributed by atoms with Crippen LogP contribution in [0.2, 0.25) is 0 Å². The molecule has 3 rings (SSSR count). The zero-order valence-corrected chi connectivity index (χ0v) is 16.2. The van der Waals surface area contributed by atoms with Crippen molar-refractivity contribution in [3.05, 3.63) is 36.0 Å². The van der Waals surface area contributed by atoms with Gasteiger partial charge < -0.3 is 14.2 Å². The van der Waals surface area contributed by atoms with Crippen LogP contribution in [0.25, 0.3) is 0 Å². The lowest BCUT2D eigenvalue weighted by molar-refractivity contribution is 0.157. The number of hydrogen-bond donors (Lipinski definition) is 0. The maximum absolute atomic E-state index is 5.38. The fraction of sp³-hybridized carbons (Fsp3) is 0.556. The predicted molar refractivity (Wildman–Crippen MR) is 101 cm³/mol. The summed E-state index contributed by atoms with van der Waals surface area (Å²) in [5.41, 5.74) is 1.20. The molecule has 2 aromatic rings. The van der Waals surface area contributed by atoms with E-state index in [0.717, 1.165) is 37.0 Å². The van der Waals surface area contributed by atoms with Gasteiger partial charge in [0.2, 0.25) is 5.89 Å². The fourth-order valence-electron chi connectivity index (χ4n) is 3.38. The van der Waals surface area contributed by atoms with Crippen molar-refractivity contribution in [3.8, 4) is 5.75 Å². The Morgan fingerprint density at radius 2 is 2.16 bits per heavy atom. The van der Waals surface area contributed by atoms with E-state index < -0.39 is 0 Å². The van der Waals surface area contributed by atoms with Crippen molar-refractivity contribution in [2.45, 2.75) is 31.7 Å². The predicted octanol–water partition coefficient (Wildman–Crippen LogP) is 3.04. The molecule has 1 aliphatic rings. The first-order chi connectivity index (χ1) is 12.0. The highest BCUT2D eigenvalue weighted by molar-refractivity contribution is 7.97. The molecule has 0 aliphatic carbocycles. The van der Waals surface area contributed by atoms with E-state index in [4.69, 9.17) is 9.26 Å². The van der Waals surface area contributed by atoms with Gasteiger partial charge in [-0.15, -0.1) is 0 Å². The second-order valence-corrected chi connectivity index (χ2v) is 7.78. The number of methoxy groups -OCH3 is 1. The van der Waals surface area contributed by atoms with Gasteiger partial charge >= 0.3 is 0 Å². The summed E-state index contributed by atoms with van der Waals surface area (Å²) in [5.74, 6) is 3.16. The van der Waals surface area contributed by atoms with E-state index in [2.05, 4.69) is 45.9 Å². The van der Waals surface area contributed by atoms with E-state index in [1.807, 2.05) is 18.4 Å². The van der Waals surface area contributed by atoms with Gasteiger partial charge in [-0.05, 0) is 32.2 Å². The Bertz CT molecular complexity index is 704. The lowest BCUT2D eigenvalue weighted by atomic mass is 9.97. The number of hydrogen-bond acceptors (Lipinski definition) is 7. The highest BCUT2D eigenvalue weighted by Crippen LogP contribution is 2.30. The molecule has 0 unspecified atom stereocenters. The van der Waals surface area contributed by atoms with Crippen molar-refractivity contribution in [3.63, 3.8) is 0 Å². The molecule has 1 aliphatic heterocycles. The number of anilines is 1. The van der Waals surface area contributed by atoms with Crippen LogP contribution in [0.1, 0.15) is 25.6 Å². The van der Waals surface area contributed by atoms with E-state index in [0.29, 0.717) is 12.4 Å². The largest absolute Gasteiger partial charge is 0.497 e. The van der Waals surface area contributed by atoms with Gasteiger partial charge in [-0.2, -0.15) is 16.7 Å². The van der Waals surface area contributed by atoms with Crippen molar-refractivity contribution in [2.75, 3.05) is 37.9 Å². The number of nitrogens with zero attached hydrogens (tertiary/aromatic N) is 4. The lowest BCUT2D eigenvalue weighted by Gasteiger charge is -2.48. The number of thioether (sulfide) groups is 1. The van der Waals surface area contributed by atoms with Crippen LogP contribution >= 0.6 is 11.8 Å². The molecular formula is C18H26N4O2S. The highest BCUT2D eigenvalue weighted by Gasteiger charge is 2.34. The molecule has 0 N–H and O–H groups in total. The number of aromatic nitrogens is 2. The minimum atomic E-state index is 0.00668. The second-order valence-electron chi connectivity index (χ2n) is 6.91. The van der Waals surface area contributed by atoms with E-state index in [-0.39, 0.29) is 5.54 Å². The minimum Gasteiger partial charge on any atom is -0.497 e. The van der Waals surface area contributed by atoms with Gasteiger partial charge in [0, 0.05) is 36.9 Å². The zero-order chi connectivity index (χ0) is 17.9. The molecule has 25 heavy (non-hydrogen) atoms. The Kier molecular flexibility index (Phi) is 5.54. The SMILES string of the molecule is COc1cccc(N2CCN(Cc3nc(CSC)no3)CC2(C)C)c1. The Labute approximate surface area is 153 Å². The smallest absolute Gasteiger partial charge is 0.240 e. The zero-order valence-electron chi connectivity index (χ0n) is 15.4. The van der Waals surface area contributed by atoms with Gasteiger partial charge in [0.1, 0.15) is 5.75 Å². The Balaban J connectivity index is 1.67. The van der Waals surface area contributed by atoms with E-state index >= 15 is 0 Å². The van der Waals surface area contributed by atoms with Crippen LogP contribution in [0.5, 0.6) is 5.75 Å². The van der Waals surface area contributed by atoms with Crippen LogP contribution < -0.4 is 9.64 Å². The number of rotatable bonds is 6. The second kappa shape index (κ2) is 7.66. The summed E-state index contributed by atoms with van der Waals surface area (Å²) in [5, 5.41) is 4.03. The first-order valence-electron chi connectivity index (χ1n) is 8.46. The summed E-state index contributed by atoms with van der Waals surface area (Å²) >= 11 is 1.70. The van der Waals surface area contributed by atoms with Crippen LogP contribution in [-0.4, -0.2) is 53.6 Å². The van der Waals surface area contributed by atoms with Crippen LogP contribution in [0.3, 0.4) is 0 Å². The van der Waals surface area contributed by atoms with E-state index in [9.17, 15) is 0 Å². The monoisotopic (exact) mass is 362 g/mol. The van der Waals surface area contributed by atoms with Gasteiger partial charge in [-0.1, -0.05) is 11.2 Å². The van der Waals surface area contributed by atoms with Gasteiger partial charge in [0.25, 0.3) is 0 Å². The van der Waals surface area contributed by atoms with Crippen LogP contribution in [0.15, 0.2) is 28.8 Å². The maximum Gasteiger partial charge on any atom is 0.240 e.